The lowest BCUT2D eigenvalue weighted by Crippen LogP contribution is -2.16. The summed E-state index contributed by atoms with van der Waals surface area (Å²) in [5, 5.41) is 15.1. The van der Waals surface area contributed by atoms with Crippen LogP contribution in [0.3, 0.4) is 0 Å². The van der Waals surface area contributed by atoms with Crippen LogP contribution in [0.1, 0.15) is 12.5 Å². The first-order valence-electron chi connectivity index (χ1n) is 9.21. The van der Waals surface area contributed by atoms with Gasteiger partial charge in [0.1, 0.15) is 12.7 Å². The summed E-state index contributed by atoms with van der Waals surface area (Å²) < 4.78 is 1.56. The molecule has 8 nitrogen and oxygen atoms in total. The van der Waals surface area contributed by atoms with Crippen molar-refractivity contribution in [3.63, 3.8) is 0 Å². The molecule has 30 heavy (non-hydrogen) atoms. The van der Waals surface area contributed by atoms with Crippen LogP contribution < -0.4 is 5.32 Å². The third kappa shape index (κ3) is 4.69. The number of hydrogen-bond donors (Lipinski definition) is 2. The third-order valence-corrected chi connectivity index (χ3v) is 5.41. The van der Waals surface area contributed by atoms with Gasteiger partial charge in [-0.05, 0) is 30.2 Å². The number of nitrogens with zero attached hydrogens (tertiary/aromatic N) is 5. The molecule has 2 heterocycles. The molecule has 152 valence electrons. The summed E-state index contributed by atoms with van der Waals surface area (Å²) in [6.07, 6.45) is 3.96. The molecule has 0 aliphatic heterocycles. The molecule has 0 bridgehead atoms. The van der Waals surface area contributed by atoms with E-state index in [1.807, 2.05) is 12.1 Å². The van der Waals surface area contributed by atoms with Gasteiger partial charge in [0.15, 0.2) is 5.82 Å². The van der Waals surface area contributed by atoms with Crippen molar-refractivity contribution in [3.05, 3.63) is 65.7 Å². The van der Waals surface area contributed by atoms with Crippen molar-refractivity contribution >= 4 is 35.0 Å². The van der Waals surface area contributed by atoms with Crippen LogP contribution >= 0.6 is 23.4 Å². The van der Waals surface area contributed by atoms with Gasteiger partial charge in [-0.1, -0.05) is 54.6 Å². The lowest BCUT2D eigenvalue weighted by Gasteiger charge is -2.11. The van der Waals surface area contributed by atoms with Gasteiger partial charge in [0, 0.05) is 10.6 Å². The standard InChI is InChI=1S/C20H18ClN7OS/c1-2-13-3-5-14(6-4-13)19-25-20(27-26-19)30-10-18(29)24-16-9-15(21)7-8-17(16)28-12-22-11-23-28/h3-9,11-12H,2,10H2,1H3,(H,24,29)(H,25,26,27). The van der Waals surface area contributed by atoms with Crippen LogP contribution in [0.2, 0.25) is 5.02 Å². The number of H-pyrrole nitrogens is 1. The van der Waals surface area contributed by atoms with Crippen LogP contribution in [0.25, 0.3) is 17.1 Å². The van der Waals surface area contributed by atoms with Gasteiger partial charge in [-0.25, -0.2) is 14.6 Å². The molecule has 2 aromatic carbocycles. The van der Waals surface area contributed by atoms with Gasteiger partial charge in [0.2, 0.25) is 11.1 Å². The second-order valence-electron chi connectivity index (χ2n) is 6.36. The molecule has 4 rings (SSSR count). The number of nitrogens with one attached hydrogen (secondary N) is 2. The summed E-state index contributed by atoms with van der Waals surface area (Å²) in [5.41, 5.74) is 3.43. The number of aromatic nitrogens is 6. The van der Waals surface area contributed by atoms with Crippen molar-refractivity contribution in [2.75, 3.05) is 11.1 Å². The van der Waals surface area contributed by atoms with Gasteiger partial charge in [0.05, 0.1) is 17.1 Å². The first kappa shape index (κ1) is 20.1. The summed E-state index contributed by atoms with van der Waals surface area (Å²) in [5.74, 6) is 0.612. The summed E-state index contributed by atoms with van der Waals surface area (Å²) in [4.78, 5) is 20.9. The fourth-order valence-electron chi connectivity index (χ4n) is 2.80. The molecule has 0 radical (unpaired) electrons. The molecule has 0 spiro atoms. The molecule has 0 atom stereocenters. The molecule has 0 fully saturated rings. The van der Waals surface area contributed by atoms with E-state index in [4.69, 9.17) is 11.6 Å². The number of benzene rings is 2. The Morgan fingerprint density at radius 1 is 1.23 bits per heavy atom. The van der Waals surface area contributed by atoms with Crippen LogP contribution in [0.5, 0.6) is 0 Å². The number of rotatable bonds is 7. The average Bonchev–Trinajstić information content (AvgIpc) is 3.45. The van der Waals surface area contributed by atoms with Crippen molar-refractivity contribution in [2.45, 2.75) is 18.5 Å². The molecule has 0 aliphatic carbocycles. The van der Waals surface area contributed by atoms with Gasteiger partial charge in [0.25, 0.3) is 0 Å². The Hall–Kier alpha value is -3.17. The molecule has 2 aromatic heterocycles. The molecular formula is C20H18ClN7OS. The predicted molar refractivity (Wildman–Crippen MR) is 117 cm³/mol. The number of carbonyl (C=O) groups excluding carboxylic acids is 1. The maximum atomic E-state index is 12.5. The largest absolute Gasteiger partial charge is 0.323 e. The van der Waals surface area contributed by atoms with Crippen molar-refractivity contribution in [2.24, 2.45) is 0 Å². The van der Waals surface area contributed by atoms with E-state index < -0.39 is 0 Å². The number of aryl methyl sites for hydroxylation is 1. The summed E-state index contributed by atoms with van der Waals surface area (Å²) in [6, 6.07) is 13.3. The maximum Gasteiger partial charge on any atom is 0.234 e. The molecular weight excluding hydrogens is 422 g/mol. The van der Waals surface area contributed by atoms with Crippen LogP contribution in [-0.4, -0.2) is 41.6 Å². The highest BCUT2D eigenvalue weighted by atomic mass is 35.5. The second-order valence-corrected chi connectivity index (χ2v) is 7.73. The Labute approximate surface area is 182 Å². The molecule has 0 saturated carbocycles. The highest BCUT2D eigenvalue weighted by Crippen LogP contribution is 2.25. The molecule has 0 aliphatic rings. The quantitative estimate of drug-likeness (QED) is 0.422. The minimum Gasteiger partial charge on any atom is -0.323 e. The topological polar surface area (TPSA) is 101 Å². The Bertz CT molecular complexity index is 1140. The number of hydrogen-bond acceptors (Lipinski definition) is 6. The molecule has 4 aromatic rings. The Kier molecular flexibility index (Phi) is 6.10. The SMILES string of the molecule is CCc1ccc(-c2nc(SCC(=O)Nc3cc(Cl)ccc3-n3cncn3)n[nH]2)cc1. The van der Waals surface area contributed by atoms with Crippen molar-refractivity contribution in [1.29, 1.82) is 0 Å². The van der Waals surface area contributed by atoms with Gasteiger partial charge in [-0.2, -0.15) is 5.10 Å². The third-order valence-electron chi connectivity index (χ3n) is 4.33. The Balaban J connectivity index is 1.40. The fraction of sp³-hybridized carbons (Fsp3) is 0.150. The number of thioether (sulfide) groups is 1. The smallest absolute Gasteiger partial charge is 0.234 e. The summed E-state index contributed by atoms with van der Waals surface area (Å²) in [6.45, 7) is 2.11. The van der Waals surface area contributed by atoms with Crippen LogP contribution in [0.4, 0.5) is 5.69 Å². The van der Waals surface area contributed by atoms with Crippen LogP contribution in [0.15, 0.2) is 60.3 Å². The zero-order valence-corrected chi connectivity index (χ0v) is 17.6. The van der Waals surface area contributed by atoms with Gasteiger partial charge < -0.3 is 5.32 Å². The fourth-order valence-corrected chi connectivity index (χ4v) is 3.57. The summed E-state index contributed by atoms with van der Waals surface area (Å²) in [7, 11) is 0. The summed E-state index contributed by atoms with van der Waals surface area (Å²) >= 11 is 7.33. The first-order valence-corrected chi connectivity index (χ1v) is 10.6. The monoisotopic (exact) mass is 439 g/mol. The predicted octanol–water partition coefficient (Wildman–Crippen LogP) is 4.00. The van der Waals surface area contributed by atoms with E-state index in [-0.39, 0.29) is 11.7 Å². The number of carbonyl (C=O) groups is 1. The number of amides is 1. The van der Waals surface area contributed by atoms with Gasteiger partial charge >= 0.3 is 0 Å². The number of aromatic amines is 1. The van der Waals surface area contributed by atoms with E-state index in [0.29, 0.717) is 27.4 Å². The highest BCUT2D eigenvalue weighted by Gasteiger charge is 2.13. The van der Waals surface area contributed by atoms with E-state index in [9.17, 15) is 4.79 Å². The van der Waals surface area contributed by atoms with E-state index in [1.54, 1.807) is 29.2 Å². The van der Waals surface area contributed by atoms with E-state index in [1.165, 1.54) is 23.7 Å². The van der Waals surface area contributed by atoms with E-state index >= 15 is 0 Å². The normalized spacial score (nSPS) is 10.9. The average molecular weight is 440 g/mol. The lowest BCUT2D eigenvalue weighted by atomic mass is 10.1. The van der Waals surface area contributed by atoms with Crippen molar-refractivity contribution in [1.82, 2.24) is 29.9 Å². The van der Waals surface area contributed by atoms with Crippen molar-refractivity contribution < 1.29 is 4.79 Å². The first-order chi connectivity index (χ1) is 14.6. The lowest BCUT2D eigenvalue weighted by molar-refractivity contribution is -0.113. The molecule has 2 N–H and O–H groups in total. The molecule has 0 unspecified atom stereocenters. The van der Waals surface area contributed by atoms with Gasteiger partial charge in [-0.3, -0.25) is 9.89 Å². The van der Waals surface area contributed by atoms with E-state index in [2.05, 4.69) is 49.6 Å². The second kappa shape index (κ2) is 9.10. The van der Waals surface area contributed by atoms with Crippen LogP contribution in [-0.2, 0) is 11.2 Å². The highest BCUT2D eigenvalue weighted by molar-refractivity contribution is 7.99. The minimum atomic E-state index is -0.206. The van der Waals surface area contributed by atoms with E-state index in [0.717, 1.165) is 12.0 Å². The molecule has 1 amide bonds. The maximum absolute atomic E-state index is 12.5. The Morgan fingerprint density at radius 3 is 2.80 bits per heavy atom. The van der Waals surface area contributed by atoms with Gasteiger partial charge in [-0.15, -0.1) is 5.10 Å². The molecule has 0 saturated heterocycles. The number of anilines is 1. The minimum absolute atomic E-state index is 0.148. The zero-order chi connectivity index (χ0) is 20.9. The number of halogens is 1. The molecule has 10 heteroatoms. The van der Waals surface area contributed by atoms with Crippen LogP contribution in [0, 0.1) is 0 Å². The zero-order valence-electron chi connectivity index (χ0n) is 16.0. The Morgan fingerprint density at radius 2 is 2.07 bits per heavy atom. The van der Waals surface area contributed by atoms with Crippen molar-refractivity contribution in [3.8, 4) is 17.1 Å².